The summed E-state index contributed by atoms with van der Waals surface area (Å²) in [5.74, 6) is 2.85. The van der Waals surface area contributed by atoms with Crippen LogP contribution in [0.1, 0.15) is 24.2 Å². The first-order valence-electron chi connectivity index (χ1n) is 5.12. The number of hydrogen-bond donors (Lipinski definition) is 1. The lowest BCUT2D eigenvalue weighted by Crippen LogP contribution is -2.23. The summed E-state index contributed by atoms with van der Waals surface area (Å²) in [5.41, 5.74) is 0.549. The number of terminal acetylenes is 1. The second-order valence-corrected chi connectivity index (χ2v) is 3.58. The molecule has 0 heterocycles. The van der Waals surface area contributed by atoms with Gasteiger partial charge in [0.05, 0.1) is 12.6 Å². The maximum atomic E-state index is 11.6. The van der Waals surface area contributed by atoms with Crippen LogP contribution in [0, 0.1) is 12.3 Å². The topological polar surface area (TPSA) is 38.3 Å². The number of carbonyl (C=O) groups excluding carboxylic acids is 1. The van der Waals surface area contributed by atoms with E-state index in [2.05, 4.69) is 11.2 Å². The van der Waals surface area contributed by atoms with E-state index in [1.807, 2.05) is 19.9 Å². The van der Waals surface area contributed by atoms with Crippen molar-refractivity contribution in [2.24, 2.45) is 0 Å². The van der Waals surface area contributed by atoms with Gasteiger partial charge in [-0.1, -0.05) is 12.0 Å². The lowest BCUT2D eigenvalue weighted by atomic mass is 10.2. The molecule has 84 valence electrons. The molecule has 0 aliphatic carbocycles. The van der Waals surface area contributed by atoms with E-state index in [9.17, 15) is 4.79 Å². The van der Waals surface area contributed by atoms with Gasteiger partial charge in [-0.3, -0.25) is 4.79 Å². The normalized spacial score (nSPS) is 9.62. The zero-order valence-electron chi connectivity index (χ0n) is 9.49. The maximum Gasteiger partial charge on any atom is 0.252 e. The van der Waals surface area contributed by atoms with Crippen molar-refractivity contribution < 1.29 is 9.53 Å². The molecule has 0 aliphatic heterocycles. The van der Waals surface area contributed by atoms with Crippen LogP contribution in [0.2, 0.25) is 0 Å². The van der Waals surface area contributed by atoms with Crippen molar-refractivity contribution in [1.82, 2.24) is 5.32 Å². The molecular weight excluding hydrogens is 202 g/mol. The van der Waals surface area contributed by atoms with Gasteiger partial charge in [-0.05, 0) is 32.0 Å². The Labute approximate surface area is 95.8 Å². The number of nitrogens with one attached hydrogen (secondary N) is 1. The standard InChI is InChI=1S/C13H15NO2/c1-4-8-14-13(15)11-6-5-7-12(9-11)16-10(2)3/h1,5-7,9-10H,8H2,2-3H3,(H,14,15). The molecule has 0 spiro atoms. The van der Waals surface area contributed by atoms with Crippen molar-refractivity contribution in [3.05, 3.63) is 29.8 Å². The predicted octanol–water partition coefficient (Wildman–Crippen LogP) is 1.84. The molecule has 16 heavy (non-hydrogen) atoms. The number of rotatable bonds is 4. The monoisotopic (exact) mass is 217 g/mol. The van der Waals surface area contributed by atoms with Crippen molar-refractivity contribution in [2.75, 3.05) is 6.54 Å². The van der Waals surface area contributed by atoms with Crippen LogP contribution in [0.3, 0.4) is 0 Å². The van der Waals surface area contributed by atoms with Gasteiger partial charge in [-0.25, -0.2) is 0 Å². The summed E-state index contributed by atoms with van der Waals surface area (Å²) in [6.45, 7) is 4.10. The van der Waals surface area contributed by atoms with E-state index >= 15 is 0 Å². The van der Waals surface area contributed by atoms with Crippen LogP contribution in [-0.4, -0.2) is 18.6 Å². The molecule has 1 aromatic carbocycles. The molecule has 1 amide bonds. The van der Waals surface area contributed by atoms with E-state index in [4.69, 9.17) is 11.2 Å². The van der Waals surface area contributed by atoms with Crippen LogP contribution in [0.4, 0.5) is 0 Å². The second-order valence-electron chi connectivity index (χ2n) is 3.58. The predicted molar refractivity (Wildman–Crippen MR) is 63.4 cm³/mol. The van der Waals surface area contributed by atoms with Gasteiger partial charge in [-0.15, -0.1) is 6.42 Å². The fraction of sp³-hybridized carbons (Fsp3) is 0.308. The van der Waals surface area contributed by atoms with Crippen molar-refractivity contribution >= 4 is 5.91 Å². The summed E-state index contributed by atoms with van der Waals surface area (Å²) in [5, 5.41) is 2.60. The first kappa shape index (κ1) is 12.1. The molecule has 0 unspecified atom stereocenters. The lowest BCUT2D eigenvalue weighted by molar-refractivity contribution is 0.0958. The molecule has 0 fully saturated rings. The molecule has 0 aromatic heterocycles. The first-order valence-corrected chi connectivity index (χ1v) is 5.12. The zero-order valence-corrected chi connectivity index (χ0v) is 9.49. The minimum atomic E-state index is -0.188. The average molecular weight is 217 g/mol. The number of benzene rings is 1. The van der Waals surface area contributed by atoms with Gasteiger partial charge in [0.1, 0.15) is 5.75 Å². The Balaban J connectivity index is 2.74. The van der Waals surface area contributed by atoms with Crippen molar-refractivity contribution in [2.45, 2.75) is 20.0 Å². The molecule has 0 atom stereocenters. The van der Waals surface area contributed by atoms with E-state index < -0.39 is 0 Å². The third-order valence-electron chi connectivity index (χ3n) is 1.82. The second kappa shape index (κ2) is 5.82. The molecule has 0 saturated carbocycles. The van der Waals surface area contributed by atoms with Gasteiger partial charge in [0.2, 0.25) is 0 Å². The number of hydrogen-bond acceptors (Lipinski definition) is 2. The molecule has 1 N–H and O–H groups in total. The third kappa shape index (κ3) is 3.66. The first-order chi connectivity index (χ1) is 7.63. The maximum absolute atomic E-state index is 11.6. The molecule has 1 aromatic rings. The Morgan fingerprint density at radius 1 is 1.56 bits per heavy atom. The highest BCUT2D eigenvalue weighted by atomic mass is 16.5. The molecule has 3 nitrogen and oxygen atoms in total. The van der Waals surface area contributed by atoms with Gasteiger partial charge in [-0.2, -0.15) is 0 Å². The molecule has 0 radical (unpaired) electrons. The summed E-state index contributed by atoms with van der Waals surface area (Å²) in [6, 6.07) is 7.02. The summed E-state index contributed by atoms with van der Waals surface area (Å²) in [6.07, 6.45) is 5.15. The van der Waals surface area contributed by atoms with E-state index in [1.165, 1.54) is 0 Å². The Morgan fingerprint density at radius 2 is 2.31 bits per heavy atom. The molecule has 1 rings (SSSR count). The van der Waals surface area contributed by atoms with E-state index in [-0.39, 0.29) is 18.6 Å². The van der Waals surface area contributed by atoms with Crippen LogP contribution < -0.4 is 10.1 Å². The van der Waals surface area contributed by atoms with Crippen molar-refractivity contribution in [3.63, 3.8) is 0 Å². The van der Waals surface area contributed by atoms with Crippen LogP contribution in [-0.2, 0) is 0 Å². The fourth-order valence-corrected chi connectivity index (χ4v) is 1.22. The zero-order chi connectivity index (χ0) is 12.0. The minimum Gasteiger partial charge on any atom is -0.491 e. The summed E-state index contributed by atoms with van der Waals surface area (Å²) in [7, 11) is 0. The smallest absolute Gasteiger partial charge is 0.252 e. The largest absolute Gasteiger partial charge is 0.491 e. The lowest BCUT2D eigenvalue weighted by Gasteiger charge is -2.10. The summed E-state index contributed by atoms with van der Waals surface area (Å²) >= 11 is 0. The quantitative estimate of drug-likeness (QED) is 0.781. The van der Waals surface area contributed by atoms with E-state index in [1.54, 1.807) is 18.2 Å². The highest BCUT2D eigenvalue weighted by Gasteiger charge is 2.06. The van der Waals surface area contributed by atoms with Crippen LogP contribution >= 0.6 is 0 Å². The van der Waals surface area contributed by atoms with Gasteiger partial charge < -0.3 is 10.1 Å². The fourth-order valence-electron chi connectivity index (χ4n) is 1.22. The molecule has 0 aliphatic rings. The van der Waals surface area contributed by atoms with E-state index in [0.29, 0.717) is 11.3 Å². The highest BCUT2D eigenvalue weighted by Crippen LogP contribution is 2.14. The number of carbonyl (C=O) groups is 1. The van der Waals surface area contributed by atoms with Gasteiger partial charge in [0.15, 0.2) is 0 Å². The number of ether oxygens (including phenoxy) is 1. The Kier molecular flexibility index (Phi) is 4.41. The number of amides is 1. The Bertz CT molecular complexity index is 405. The third-order valence-corrected chi connectivity index (χ3v) is 1.82. The van der Waals surface area contributed by atoms with Crippen molar-refractivity contribution in [3.8, 4) is 18.1 Å². The Hall–Kier alpha value is -1.95. The summed E-state index contributed by atoms with van der Waals surface area (Å²) in [4.78, 5) is 11.6. The molecular formula is C13H15NO2. The molecule has 0 saturated heterocycles. The van der Waals surface area contributed by atoms with Gasteiger partial charge in [0, 0.05) is 5.56 Å². The molecule has 3 heteroatoms. The van der Waals surface area contributed by atoms with Crippen LogP contribution in [0.5, 0.6) is 5.75 Å². The van der Waals surface area contributed by atoms with Crippen LogP contribution in [0.15, 0.2) is 24.3 Å². The highest BCUT2D eigenvalue weighted by molar-refractivity contribution is 5.94. The SMILES string of the molecule is C#CCNC(=O)c1cccc(OC(C)C)c1. The average Bonchev–Trinajstić information content (AvgIpc) is 2.25. The van der Waals surface area contributed by atoms with Crippen LogP contribution in [0.25, 0.3) is 0 Å². The minimum absolute atomic E-state index is 0.0871. The molecule has 0 bridgehead atoms. The van der Waals surface area contributed by atoms with Crippen molar-refractivity contribution in [1.29, 1.82) is 0 Å². The summed E-state index contributed by atoms with van der Waals surface area (Å²) < 4.78 is 5.49. The Morgan fingerprint density at radius 3 is 2.94 bits per heavy atom. The van der Waals surface area contributed by atoms with E-state index in [0.717, 1.165) is 0 Å². The van der Waals surface area contributed by atoms with Gasteiger partial charge >= 0.3 is 0 Å². The van der Waals surface area contributed by atoms with Gasteiger partial charge in [0.25, 0.3) is 5.91 Å².